The Bertz CT molecular complexity index is 427. The summed E-state index contributed by atoms with van der Waals surface area (Å²) in [7, 11) is 1.64. The first-order valence-corrected chi connectivity index (χ1v) is 7.03. The van der Waals surface area contributed by atoms with Gasteiger partial charge in [-0.3, -0.25) is 4.79 Å². The standard InChI is InChI=1S/C15H22N2O3/c1-12(17-7-9-20-10-8-17)15(18)16-11-13-3-5-14(19-2)6-4-13/h3-6,12H,7-11H2,1-2H3,(H,16,18)/p+1/t12-/m1/s1. The molecule has 1 amide bonds. The van der Waals surface area contributed by atoms with Crippen molar-refractivity contribution < 1.29 is 19.2 Å². The lowest BCUT2D eigenvalue weighted by Crippen LogP contribution is -3.18. The van der Waals surface area contributed by atoms with E-state index < -0.39 is 0 Å². The second-order valence-corrected chi connectivity index (χ2v) is 5.06. The molecule has 1 saturated heterocycles. The van der Waals surface area contributed by atoms with Crippen molar-refractivity contribution in [3.63, 3.8) is 0 Å². The molecule has 1 aromatic rings. The monoisotopic (exact) mass is 279 g/mol. The Morgan fingerprint density at radius 1 is 1.35 bits per heavy atom. The molecule has 1 aliphatic rings. The Balaban J connectivity index is 1.81. The molecule has 5 heteroatoms. The summed E-state index contributed by atoms with van der Waals surface area (Å²) in [5, 5.41) is 2.99. The van der Waals surface area contributed by atoms with E-state index in [0.29, 0.717) is 6.54 Å². The van der Waals surface area contributed by atoms with Gasteiger partial charge in [0.15, 0.2) is 6.04 Å². The van der Waals surface area contributed by atoms with Gasteiger partial charge in [-0.25, -0.2) is 0 Å². The van der Waals surface area contributed by atoms with E-state index in [-0.39, 0.29) is 11.9 Å². The first kappa shape index (κ1) is 14.8. The van der Waals surface area contributed by atoms with Gasteiger partial charge in [-0.15, -0.1) is 0 Å². The second kappa shape index (κ2) is 7.26. The van der Waals surface area contributed by atoms with E-state index in [1.54, 1.807) is 7.11 Å². The smallest absolute Gasteiger partial charge is 0.278 e. The lowest BCUT2D eigenvalue weighted by molar-refractivity contribution is -0.921. The largest absolute Gasteiger partial charge is 0.497 e. The van der Waals surface area contributed by atoms with E-state index in [2.05, 4.69) is 5.32 Å². The molecule has 0 unspecified atom stereocenters. The topological polar surface area (TPSA) is 52.0 Å². The number of quaternary nitrogens is 1. The number of methoxy groups -OCH3 is 1. The highest BCUT2D eigenvalue weighted by Gasteiger charge is 2.26. The zero-order valence-corrected chi connectivity index (χ0v) is 12.1. The van der Waals surface area contributed by atoms with Gasteiger partial charge in [0.05, 0.1) is 20.3 Å². The van der Waals surface area contributed by atoms with Gasteiger partial charge in [-0.2, -0.15) is 0 Å². The number of amides is 1. The number of ether oxygens (including phenoxy) is 2. The normalized spacial score (nSPS) is 17.5. The van der Waals surface area contributed by atoms with E-state index in [1.165, 1.54) is 4.90 Å². The third-order valence-corrected chi connectivity index (χ3v) is 3.77. The van der Waals surface area contributed by atoms with Gasteiger partial charge >= 0.3 is 0 Å². The molecule has 0 radical (unpaired) electrons. The first-order valence-electron chi connectivity index (χ1n) is 7.03. The van der Waals surface area contributed by atoms with Crippen LogP contribution < -0.4 is 15.0 Å². The number of carbonyl (C=O) groups is 1. The van der Waals surface area contributed by atoms with E-state index in [4.69, 9.17) is 9.47 Å². The fourth-order valence-corrected chi connectivity index (χ4v) is 2.34. The first-order chi connectivity index (χ1) is 9.70. The van der Waals surface area contributed by atoms with Crippen LogP contribution >= 0.6 is 0 Å². The molecule has 2 N–H and O–H groups in total. The highest BCUT2D eigenvalue weighted by molar-refractivity contribution is 5.79. The van der Waals surface area contributed by atoms with Crippen molar-refractivity contribution in [1.82, 2.24) is 5.32 Å². The molecule has 1 atom stereocenters. The van der Waals surface area contributed by atoms with Gasteiger partial charge in [0, 0.05) is 6.54 Å². The third kappa shape index (κ3) is 3.95. The van der Waals surface area contributed by atoms with Crippen molar-refractivity contribution in [2.75, 3.05) is 33.4 Å². The van der Waals surface area contributed by atoms with Crippen molar-refractivity contribution in [2.24, 2.45) is 0 Å². The van der Waals surface area contributed by atoms with Gasteiger partial charge in [-0.05, 0) is 24.6 Å². The summed E-state index contributed by atoms with van der Waals surface area (Å²) in [6, 6.07) is 7.70. The average molecular weight is 279 g/mol. The quantitative estimate of drug-likeness (QED) is 0.772. The summed E-state index contributed by atoms with van der Waals surface area (Å²) in [6.45, 7) is 5.81. The zero-order valence-electron chi connectivity index (χ0n) is 12.1. The number of benzene rings is 1. The lowest BCUT2D eigenvalue weighted by Gasteiger charge is -2.28. The zero-order chi connectivity index (χ0) is 14.4. The van der Waals surface area contributed by atoms with Crippen LogP contribution in [0.25, 0.3) is 0 Å². The molecule has 0 saturated carbocycles. The number of hydrogen-bond donors (Lipinski definition) is 2. The minimum atomic E-state index is -0.0304. The van der Waals surface area contributed by atoms with Crippen molar-refractivity contribution in [2.45, 2.75) is 19.5 Å². The summed E-state index contributed by atoms with van der Waals surface area (Å²) in [5.41, 5.74) is 1.07. The molecule has 1 heterocycles. The summed E-state index contributed by atoms with van der Waals surface area (Å²) >= 11 is 0. The molecular weight excluding hydrogens is 256 g/mol. The maximum atomic E-state index is 12.1. The Morgan fingerprint density at radius 3 is 2.60 bits per heavy atom. The number of rotatable bonds is 5. The predicted molar refractivity (Wildman–Crippen MR) is 75.8 cm³/mol. The van der Waals surface area contributed by atoms with Gasteiger partial charge < -0.3 is 19.7 Å². The van der Waals surface area contributed by atoms with Crippen LogP contribution in [0.1, 0.15) is 12.5 Å². The van der Waals surface area contributed by atoms with Crippen molar-refractivity contribution in [3.05, 3.63) is 29.8 Å². The van der Waals surface area contributed by atoms with Crippen LogP contribution in [0.3, 0.4) is 0 Å². The molecule has 5 nitrogen and oxygen atoms in total. The third-order valence-electron chi connectivity index (χ3n) is 3.77. The van der Waals surface area contributed by atoms with Crippen molar-refractivity contribution >= 4 is 5.91 Å². The fourth-order valence-electron chi connectivity index (χ4n) is 2.34. The molecule has 0 bridgehead atoms. The molecule has 1 aliphatic heterocycles. The Labute approximate surface area is 119 Å². The maximum absolute atomic E-state index is 12.1. The fraction of sp³-hybridized carbons (Fsp3) is 0.533. The number of nitrogens with one attached hydrogen (secondary N) is 2. The number of morpholine rings is 1. The molecule has 2 rings (SSSR count). The van der Waals surface area contributed by atoms with E-state index in [1.807, 2.05) is 31.2 Å². The van der Waals surface area contributed by atoms with E-state index in [0.717, 1.165) is 37.6 Å². The molecule has 1 fully saturated rings. The Morgan fingerprint density at radius 2 is 2.00 bits per heavy atom. The summed E-state index contributed by atoms with van der Waals surface area (Å²) < 4.78 is 10.4. The summed E-state index contributed by atoms with van der Waals surface area (Å²) in [6.07, 6.45) is 0. The minimum Gasteiger partial charge on any atom is -0.497 e. The number of carbonyl (C=O) groups excluding carboxylic acids is 1. The maximum Gasteiger partial charge on any atom is 0.278 e. The number of hydrogen-bond acceptors (Lipinski definition) is 3. The van der Waals surface area contributed by atoms with Crippen LogP contribution in [0.2, 0.25) is 0 Å². The van der Waals surface area contributed by atoms with Crippen molar-refractivity contribution in [1.29, 1.82) is 0 Å². The molecule has 110 valence electrons. The molecule has 0 spiro atoms. The Kier molecular flexibility index (Phi) is 5.38. The highest BCUT2D eigenvalue weighted by atomic mass is 16.5. The molecular formula is C15H23N2O3+. The summed E-state index contributed by atoms with van der Waals surface area (Å²) in [5.74, 6) is 0.920. The molecule has 20 heavy (non-hydrogen) atoms. The van der Waals surface area contributed by atoms with Gasteiger partial charge in [0.25, 0.3) is 5.91 Å². The van der Waals surface area contributed by atoms with Crippen LogP contribution in [0.4, 0.5) is 0 Å². The average Bonchev–Trinajstić information content (AvgIpc) is 2.53. The SMILES string of the molecule is COc1ccc(CNC(=O)[C@@H](C)[NH+]2CCOCC2)cc1. The van der Waals surface area contributed by atoms with E-state index >= 15 is 0 Å². The van der Waals surface area contributed by atoms with Crippen LogP contribution in [0.5, 0.6) is 5.75 Å². The minimum absolute atomic E-state index is 0.0304. The van der Waals surface area contributed by atoms with Crippen LogP contribution in [0.15, 0.2) is 24.3 Å². The van der Waals surface area contributed by atoms with Gasteiger partial charge in [0.2, 0.25) is 0 Å². The van der Waals surface area contributed by atoms with Crippen molar-refractivity contribution in [3.8, 4) is 5.75 Å². The van der Waals surface area contributed by atoms with E-state index in [9.17, 15) is 4.79 Å². The Hall–Kier alpha value is -1.59. The summed E-state index contributed by atoms with van der Waals surface area (Å²) in [4.78, 5) is 13.4. The van der Waals surface area contributed by atoms with Crippen LogP contribution in [-0.2, 0) is 16.1 Å². The van der Waals surface area contributed by atoms with Gasteiger partial charge in [-0.1, -0.05) is 12.1 Å². The second-order valence-electron chi connectivity index (χ2n) is 5.06. The lowest BCUT2D eigenvalue weighted by atomic mass is 10.2. The molecule has 0 aromatic heterocycles. The van der Waals surface area contributed by atoms with Crippen LogP contribution in [0, 0.1) is 0 Å². The van der Waals surface area contributed by atoms with Crippen LogP contribution in [-0.4, -0.2) is 45.4 Å². The molecule has 0 aliphatic carbocycles. The van der Waals surface area contributed by atoms with Gasteiger partial charge in [0.1, 0.15) is 18.8 Å². The molecule has 1 aromatic carbocycles. The highest BCUT2D eigenvalue weighted by Crippen LogP contribution is 2.10. The predicted octanol–water partition coefficient (Wildman–Crippen LogP) is -0.385.